The Morgan fingerprint density at radius 2 is 2.11 bits per heavy atom. The highest BCUT2D eigenvalue weighted by atomic mass is 35.5. The number of halogens is 2. The van der Waals surface area contributed by atoms with Crippen molar-refractivity contribution < 1.29 is 28.4 Å². The zero-order valence-corrected chi connectivity index (χ0v) is 21.1. The van der Waals surface area contributed by atoms with Gasteiger partial charge in [-0.1, -0.05) is 11.6 Å². The Kier molecular flexibility index (Phi) is 6.59. The number of aliphatic hydroxyl groups excluding tert-OH is 1. The Morgan fingerprint density at radius 1 is 1.25 bits per heavy atom. The summed E-state index contributed by atoms with van der Waals surface area (Å²) < 4.78 is 37.9. The first-order chi connectivity index (χ1) is 17.5. The SMILES string of the molecule is CSCCOc1cc(F)c2c(c1)CCC2Nc1nc2nc(O[C@@H]3CO[C@H]4[C@@H]3OC[C@H]4O)[nH]c2cc1Cl. The first-order valence-corrected chi connectivity index (χ1v) is 13.6. The number of aromatic nitrogens is 3. The van der Waals surface area contributed by atoms with Crippen LogP contribution in [-0.4, -0.2) is 76.3 Å². The lowest BCUT2D eigenvalue weighted by Crippen LogP contribution is -2.34. The molecule has 3 aliphatic rings. The number of nitrogens with one attached hydrogen (secondary N) is 2. The molecule has 0 bridgehead atoms. The third kappa shape index (κ3) is 4.47. The van der Waals surface area contributed by atoms with Gasteiger partial charge in [0.2, 0.25) is 0 Å². The van der Waals surface area contributed by atoms with Gasteiger partial charge in [-0.15, -0.1) is 0 Å². The van der Waals surface area contributed by atoms with Gasteiger partial charge in [-0.3, -0.25) is 0 Å². The molecule has 3 N–H and O–H groups in total. The molecule has 5 atom stereocenters. The summed E-state index contributed by atoms with van der Waals surface area (Å²) in [6.45, 7) is 1.06. The minimum Gasteiger partial charge on any atom is -0.493 e. The molecule has 4 heterocycles. The van der Waals surface area contributed by atoms with Gasteiger partial charge in [0, 0.05) is 17.4 Å². The molecule has 1 unspecified atom stereocenters. The molecule has 2 saturated heterocycles. The number of ether oxygens (including phenoxy) is 4. The molecule has 3 aromatic rings. The number of nitrogens with zero attached hydrogens (tertiary/aromatic N) is 2. The maximum absolute atomic E-state index is 15.0. The van der Waals surface area contributed by atoms with Crippen molar-refractivity contribution in [3.05, 3.63) is 40.2 Å². The third-order valence-electron chi connectivity index (χ3n) is 6.76. The molecular weight excluding hydrogens is 511 g/mol. The van der Waals surface area contributed by atoms with Crippen LogP contribution in [0.4, 0.5) is 10.2 Å². The fourth-order valence-corrected chi connectivity index (χ4v) is 5.52. The highest BCUT2D eigenvalue weighted by Crippen LogP contribution is 2.39. The van der Waals surface area contributed by atoms with E-state index in [9.17, 15) is 5.11 Å². The molecule has 0 radical (unpaired) electrons. The molecule has 2 aromatic heterocycles. The second-order valence-corrected chi connectivity index (χ2v) is 10.5. The van der Waals surface area contributed by atoms with Crippen LogP contribution in [0, 0.1) is 5.82 Å². The number of rotatable bonds is 8. The van der Waals surface area contributed by atoms with E-state index >= 15 is 4.39 Å². The number of H-pyrrole nitrogens is 1. The number of thioether (sulfide) groups is 1. The van der Waals surface area contributed by atoms with E-state index in [-0.39, 0.29) is 30.6 Å². The summed E-state index contributed by atoms with van der Waals surface area (Å²) in [7, 11) is 0. The van der Waals surface area contributed by atoms with Crippen molar-refractivity contribution >= 4 is 40.3 Å². The van der Waals surface area contributed by atoms with Gasteiger partial charge in [-0.25, -0.2) is 9.37 Å². The monoisotopic (exact) mass is 536 g/mol. The summed E-state index contributed by atoms with van der Waals surface area (Å²) in [5.74, 6) is 1.53. The second kappa shape index (κ2) is 9.86. The van der Waals surface area contributed by atoms with Gasteiger partial charge >= 0.3 is 0 Å². The number of benzene rings is 1. The number of anilines is 1. The molecule has 0 spiro atoms. The number of aromatic amines is 1. The number of aryl methyl sites for hydroxylation is 1. The van der Waals surface area contributed by atoms with Crippen molar-refractivity contribution in [2.75, 3.05) is 37.1 Å². The van der Waals surface area contributed by atoms with E-state index in [4.69, 9.17) is 30.5 Å². The molecular formula is C24H26ClFN4O5S. The summed E-state index contributed by atoms with van der Waals surface area (Å²) in [5.41, 5.74) is 2.56. The first-order valence-electron chi connectivity index (χ1n) is 11.8. The lowest BCUT2D eigenvalue weighted by molar-refractivity contribution is 0.00706. The van der Waals surface area contributed by atoms with Crippen LogP contribution in [0.2, 0.25) is 5.02 Å². The first kappa shape index (κ1) is 24.1. The van der Waals surface area contributed by atoms with Crippen molar-refractivity contribution in [1.29, 1.82) is 0 Å². The third-order valence-corrected chi connectivity index (χ3v) is 7.62. The molecule has 0 saturated carbocycles. The summed E-state index contributed by atoms with van der Waals surface area (Å²) >= 11 is 8.20. The molecule has 12 heteroatoms. The lowest BCUT2D eigenvalue weighted by atomic mass is 10.1. The zero-order valence-electron chi connectivity index (χ0n) is 19.5. The minimum atomic E-state index is -0.654. The average molecular weight is 537 g/mol. The Hall–Kier alpha value is -2.31. The largest absolute Gasteiger partial charge is 0.493 e. The smallest absolute Gasteiger partial charge is 0.296 e. The molecule has 1 aromatic carbocycles. The Balaban J connectivity index is 1.18. The van der Waals surface area contributed by atoms with Gasteiger partial charge in [0.05, 0.1) is 36.4 Å². The summed E-state index contributed by atoms with van der Waals surface area (Å²) in [6, 6.07) is 5.07. The number of pyridine rings is 1. The van der Waals surface area contributed by atoms with Gasteiger partial charge in [0.1, 0.15) is 35.7 Å². The predicted molar refractivity (Wildman–Crippen MR) is 134 cm³/mol. The van der Waals surface area contributed by atoms with Gasteiger partial charge in [-0.05, 0) is 36.8 Å². The van der Waals surface area contributed by atoms with Crippen LogP contribution < -0.4 is 14.8 Å². The van der Waals surface area contributed by atoms with Crippen LogP contribution in [0.25, 0.3) is 11.2 Å². The molecule has 6 rings (SSSR count). The van der Waals surface area contributed by atoms with Crippen molar-refractivity contribution in [2.24, 2.45) is 0 Å². The predicted octanol–water partition coefficient (Wildman–Crippen LogP) is 3.50. The fourth-order valence-electron chi connectivity index (χ4n) is 5.07. The van der Waals surface area contributed by atoms with Crippen molar-refractivity contribution in [2.45, 2.75) is 43.3 Å². The number of fused-ring (bicyclic) bond motifs is 3. The summed E-state index contributed by atoms with van der Waals surface area (Å²) in [4.78, 5) is 12.1. The zero-order chi connectivity index (χ0) is 24.8. The highest BCUT2D eigenvalue weighted by Gasteiger charge is 2.48. The number of hydrogen-bond donors (Lipinski definition) is 3. The maximum Gasteiger partial charge on any atom is 0.296 e. The van der Waals surface area contributed by atoms with Crippen LogP contribution in [0.3, 0.4) is 0 Å². The number of aliphatic hydroxyl groups is 1. The molecule has 2 fully saturated rings. The molecule has 1 aliphatic carbocycles. The second-order valence-electron chi connectivity index (χ2n) is 9.11. The quantitative estimate of drug-likeness (QED) is 0.372. The van der Waals surface area contributed by atoms with Gasteiger partial charge in [0.25, 0.3) is 6.01 Å². The standard InChI is InChI=1S/C24H26ClFN4O5S/c1-36-5-4-32-12-6-11-2-3-15(19(11)14(26)7-12)27-22-13(25)8-16-23(29-22)30-24(28-16)35-18-10-34-20-17(31)9-33-21(18)20/h6-8,15,17-18,20-21,31H,2-5,9-10H2,1H3,(H2,27,28,29,30)/t15?,17-,18-,20-,21-/m1/s1. The molecule has 192 valence electrons. The van der Waals surface area contributed by atoms with Crippen molar-refractivity contribution in [1.82, 2.24) is 15.0 Å². The van der Waals surface area contributed by atoms with Crippen molar-refractivity contribution in [3.8, 4) is 11.8 Å². The number of hydrogen-bond acceptors (Lipinski definition) is 9. The molecule has 0 amide bonds. The Morgan fingerprint density at radius 3 is 2.97 bits per heavy atom. The lowest BCUT2D eigenvalue weighted by Gasteiger charge is -2.17. The van der Waals surface area contributed by atoms with Gasteiger partial charge < -0.3 is 34.4 Å². The number of imidazole rings is 1. The molecule has 36 heavy (non-hydrogen) atoms. The minimum absolute atomic E-state index is 0.221. The van der Waals surface area contributed by atoms with Crippen LogP contribution in [0.1, 0.15) is 23.6 Å². The van der Waals surface area contributed by atoms with E-state index in [0.717, 1.165) is 17.7 Å². The summed E-state index contributed by atoms with van der Waals surface area (Å²) in [5, 5.41) is 13.6. The molecule has 9 nitrogen and oxygen atoms in total. The average Bonchev–Trinajstić information content (AvgIpc) is 3.61. The maximum atomic E-state index is 15.0. The Bertz CT molecular complexity index is 1280. The Labute approximate surface area is 216 Å². The van der Waals surface area contributed by atoms with E-state index in [1.54, 1.807) is 17.8 Å². The fraction of sp³-hybridized carbons (Fsp3) is 0.500. The van der Waals surface area contributed by atoms with E-state index in [0.29, 0.717) is 53.0 Å². The normalized spacial score (nSPS) is 26.8. The topological polar surface area (TPSA) is 111 Å². The van der Waals surface area contributed by atoms with Crippen molar-refractivity contribution in [3.63, 3.8) is 0 Å². The van der Waals surface area contributed by atoms with Crippen LogP contribution in [0.5, 0.6) is 11.8 Å². The van der Waals surface area contributed by atoms with Crippen LogP contribution in [0.15, 0.2) is 18.2 Å². The van der Waals surface area contributed by atoms with E-state index in [1.165, 1.54) is 6.07 Å². The van der Waals surface area contributed by atoms with E-state index in [1.807, 2.05) is 12.3 Å². The highest BCUT2D eigenvalue weighted by molar-refractivity contribution is 7.98. The van der Waals surface area contributed by atoms with Crippen LogP contribution in [-0.2, 0) is 15.9 Å². The van der Waals surface area contributed by atoms with Gasteiger partial charge in [-0.2, -0.15) is 16.7 Å². The van der Waals surface area contributed by atoms with Gasteiger partial charge in [0.15, 0.2) is 11.8 Å². The molecule has 2 aliphatic heterocycles. The van der Waals surface area contributed by atoms with Crippen LogP contribution >= 0.6 is 23.4 Å². The van der Waals surface area contributed by atoms with E-state index in [2.05, 4.69) is 20.3 Å². The van der Waals surface area contributed by atoms with E-state index < -0.39 is 18.3 Å². The summed E-state index contributed by atoms with van der Waals surface area (Å²) in [6.07, 6.45) is 1.65.